The summed E-state index contributed by atoms with van der Waals surface area (Å²) in [4.78, 5) is 4.68. The number of ether oxygens (including phenoxy) is 1. The van der Waals surface area contributed by atoms with Gasteiger partial charge in [0, 0.05) is 35.9 Å². The van der Waals surface area contributed by atoms with Crippen LogP contribution in [0.5, 0.6) is 5.75 Å². The Hall–Kier alpha value is -3.53. The van der Waals surface area contributed by atoms with Gasteiger partial charge in [-0.25, -0.2) is 13.2 Å². The van der Waals surface area contributed by atoms with Gasteiger partial charge in [0.05, 0.1) is 18.3 Å². The maximum Gasteiger partial charge on any atom is 0.274 e. The molecule has 40 heavy (non-hydrogen) atoms. The molecule has 4 aromatic rings. The fourth-order valence-corrected chi connectivity index (χ4v) is 4.99. The molecule has 0 aliphatic carbocycles. The Kier molecular flexibility index (Phi) is 9.40. The van der Waals surface area contributed by atoms with Crippen LogP contribution in [0.4, 0.5) is 18.9 Å². The smallest absolute Gasteiger partial charge is 0.274 e. The second-order valence-electron chi connectivity index (χ2n) is 9.58. The van der Waals surface area contributed by atoms with Gasteiger partial charge in [-0.15, -0.1) is 0 Å². The normalized spacial score (nSPS) is 13.9. The van der Waals surface area contributed by atoms with Crippen LogP contribution >= 0.6 is 12.6 Å². The van der Waals surface area contributed by atoms with Crippen LogP contribution in [0.15, 0.2) is 91.1 Å². The minimum absolute atomic E-state index is 0.00242. The summed E-state index contributed by atoms with van der Waals surface area (Å²) in [6.07, 6.45) is -0.00776. The lowest BCUT2D eigenvalue weighted by molar-refractivity contribution is -0.00715. The fraction of sp³-hybridized carbons (Fsp3) is 0.258. The third kappa shape index (κ3) is 6.78. The van der Waals surface area contributed by atoms with Crippen molar-refractivity contribution in [3.05, 3.63) is 125 Å². The predicted octanol–water partition coefficient (Wildman–Crippen LogP) is 6.41. The van der Waals surface area contributed by atoms with Crippen LogP contribution in [0.2, 0.25) is 0 Å². The summed E-state index contributed by atoms with van der Waals surface area (Å²) >= 11 is 4.02. The predicted molar refractivity (Wildman–Crippen MR) is 154 cm³/mol. The molecular formula is C31H32F3N3O2S. The second kappa shape index (κ2) is 12.8. The number of aliphatic hydroxyl groups is 1. The van der Waals surface area contributed by atoms with Gasteiger partial charge < -0.3 is 15.2 Å². The minimum Gasteiger partial charge on any atom is -0.496 e. The highest BCUT2D eigenvalue weighted by molar-refractivity contribution is 7.80. The Bertz CT molecular complexity index is 1410. The van der Waals surface area contributed by atoms with E-state index in [-0.39, 0.29) is 17.7 Å². The van der Waals surface area contributed by atoms with Gasteiger partial charge in [-0.05, 0) is 66.3 Å². The Morgan fingerprint density at radius 1 is 1.00 bits per heavy atom. The van der Waals surface area contributed by atoms with Crippen molar-refractivity contribution in [2.45, 2.75) is 37.6 Å². The molecule has 1 aromatic heterocycles. The Balaban J connectivity index is 1.94. The van der Waals surface area contributed by atoms with Gasteiger partial charge in [0.2, 0.25) is 0 Å². The highest BCUT2D eigenvalue weighted by Gasteiger charge is 2.42. The standard InChI is InChI=1S/C31H32F3N3O2S/c1-21-11-14-28(35-20-21)30(19-22-7-4-3-5-8-22,37-29(38)36-25-10-6-9-24(32)18-25)26-17-23(12-13-27(26)39-2)31(33,34)15-16-40/h3-14,17-18,20,29,36-38,40H,15-16,19H2,1-2H3/t29?,30-/m0/s1. The average molecular weight is 568 g/mol. The van der Waals surface area contributed by atoms with Crippen LogP contribution < -0.4 is 15.4 Å². The fourth-order valence-electron chi connectivity index (χ4n) is 4.71. The number of benzene rings is 3. The first kappa shape index (κ1) is 29.5. The Morgan fingerprint density at radius 3 is 2.42 bits per heavy atom. The number of nitrogens with zero attached hydrogens (tertiary/aromatic N) is 1. The molecule has 3 N–H and O–H groups in total. The maximum absolute atomic E-state index is 15.2. The number of hydrogen-bond acceptors (Lipinski definition) is 6. The number of aromatic nitrogens is 1. The van der Waals surface area contributed by atoms with E-state index in [1.165, 1.54) is 43.5 Å². The first-order chi connectivity index (χ1) is 19.2. The van der Waals surface area contributed by atoms with Gasteiger partial charge in [-0.1, -0.05) is 42.5 Å². The SMILES string of the molecule is COc1ccc(C(F)(F)CCS)cc1[C@](Cc1ccccc1)(NC(O)Nc1cccc(F)c1)c1ccc(C)cn1. The lowest BCUT2D eigenvalue weighted by Gasteiger charge is -2.39. The molecule has 0 saturated carbocycles. The van der Waals surface area contributed by atoms with Crippen molar-refractivity contribution in [2.24, 2.45) is 0 Å². The Labute approximate surface area is 237 Å². The third-order valence-corrected chi connectivity index (χ3v) is 6.90. The average Bonchev–Trinajstić information content (AvgIpc) is 2.93. The lowest BCUT2D eigenvalue weighted by Crippen LogP contribution is -2.53. The number of aliphatic hydroxyl groups excluding tert-OH is 1. The number of halogens is 3. The molecule has 0 saturated heterocycles. The largest absolute Gasteiger partial charge is 0.496 e. The van der Waals surface area contributed by atoms with Gasteiger partial charge in [0.1, 0.15) is 11.6 Å². The van der Waals surface area contributed by atoms with Gasteiger partial charge in [0.15, 0.2) is 6.35 Å². The highest BCUT2D eigenvalue weighted by Crippen LogP contribution is 2.42. The lowest BCUT2D eigenvalue weighted by atomic mass is 9.78. The van der Waals surface area contributed by atoms with E-state index in [4.69, 9.17) is 4.74 Å². The van der Waals surface area contributed by atoms with Crippen LogP contribution in [0.25, 0.3) is 0 Å². The van der Waals surface area contributed by atoms with E-state index in [0.717, 1.165) is 11.1 Å². The zero-order valence-corrected chi connectivity index (χ0v) is 23.1. The quantitative estimate of drug-likeness (QED) is 0.118. The van der Waals surface area contributed by atoms with Gasteiger partial charge in [0.25, 0.3) is 5.92 Å². The second-order valence-corrected chi connectivity index (χ2v) is 10.0. The van der Waals surface area contributed by atoms with Crippen molar-refractivity contribution in [1.29, 1.82) is 0 Å². The molecule has 9 heteroatoms. The molecule has 0 spiro atoms. The van der Waals surface area contributed by atoms with E-state index >= 15 is 8.78 Å². The molecule has 0 radical (unpaired) electrons. The van der Waals surface area contributed by atoms with Crippen molar-refractivity contribution >= 4 is 18.3 Å². The number of nitrogens with one attached hydrogen (secondary N) is 2. The van der Waals surface area contributed by atoms with Gasteiger partial charge in [-0.2, -0.15) is 12.6 Å². The number of alkyl halides is 2. The molecular weight excluding hydrogens is 535 g/mol. The molecule has 0 bridgehead atoms. The van der Waals surface area contributed by atoms with Crippen molar-refractivity contribution in [3.63, 3.8) is 0 Å². The molecule has 1 heterocycles. The summed E-state index contributed by atoms with van der Waals surface area (Å²) in [6, 6.07) is 23.0. The number of rotatable bonds is 12. The van der Waals surface area contributed by atoms with E-state index in [9.17, 15) is 9.50 Å². The van der Waals surface area contributed by atoms with E-state index in [2.05, 4.69) is 28.2 Å². The molecule has 4 rings (SSSR count). The van der Waals surface area contributed by atoms with Crippen molar-refractivity contribution < 1.29 is 23.0 Å². The molecule has 0 fully saturated rings. The summed E-state index contributed by atoms with van der Waals surface area (Å²) < 4.78 is 50.0. The molecule has 0 amide bonds. The van der Waals surface area contributed by atoms with Crippen molar-refractivity contribution in [1.82, 2.24) is 10.3 Å². The zero-order valence-electron chi connectivity index (χ0n) is 22.2. The molecule has 3 aromatic carbocycles. The van der Waals surface area contributed by atoms with E-state index in [1.807, 2.05) is 43.3 Å². The molecule has 0 aliphatic rings. The monoisotopic (exact) mass is 567 g/mol. The first-order valence-corrected chi connectivity index (χ1v) is 13.4. The van der Waals surface area contributed by atoms with Crippen LogP contribution in [0.1, 0.15) is 34.4 Å². The maximum atomic E-state index is 15.2. The van der Waals surface area contributed by atoms with Crippen LogP contribution in [-0.2, 0) is 17.9 Å². The number of thiol groups is 1. The van der Waals surface area contributed by atoms with Crippen molar-refractivity contribution in [2.75, 3.05) is 18.2 Å². The van der Waals surface area contributed by atoms with E-state index in [1.54, 1.807) is 18.3 Å². The third-order valence-electron chi connectivity index (χ3n) is 6.68. The summed E-state index contributed by atoms with van der Waals surface area (Å²) in [7, 11) is 1.46. The Morgan fingerprint density at radius 2 is 1.77 bits per heavy atom. The zero-order chi connectivity index (χ0) is 28.8. The van der Waals surface area contributed by atoms with Crippen LogP contribution in [0, 0.1) is 12.7 Å². The topological polar surface area (TPSA) is 66.4 Å². The number of aryl methyl sites for hydroxylation is 1. The highest BCUT2D eigenvalue weighted by atomic mass is 32.1. The molecule has 5 nitrogen and oxygen atoms in total. The first-order valence-electron chi connectivity index (χ1n) is 12.8. The van der Waals surface area contributed by atoms with Gasteiger partial charge >= 0.3 is 0 Å². The van der Waals surface area contributed by atoms with Crippen molar-refractivity contribution in [3.8, 4) is 5.75 Å². The van der Waals surface area contributed by atoms with Crippen LogP contribution in [0.3, 0.4) is 0 Å². The molecule has 2 atom stereocenters. The van der Waals surface area contributed by atoms with Crippen LogP contribution in [-0.4, -0.2) is 29.3 Å². The summed E-state index contributed by atoms with van der Waals surface area (Å²) in [5, 5.41) is 17.3. The number of anilines is 1. The van der Waals surface area contributed by atoms with E-state index in [0.29, 0.717) is 22.7 Å². The molecule has 1 unspecified atom stereocenters. The number of pyridine rings is 1. The summed E-state index contributed by atoms with van der Waals surface area (Å²) in [5.41, 5.74) is 1.32. The molecule has 0 aliphatic heterocycles. The summed E-state index contributed by atoms with van der Waals surface area (Å²) in [5.74, 6) is -3.30. The number of methoxy groups -OCH3 is 1. The minimum atomic E-state index is -3.15. The number of hydrogen-bond donors (Lipinski definition) is 4. The summed E-state index contributed by atoms with van der Waals surface area (Å²) in [6.45, 7) is 1.89. The molecule has 210 valence electrons. The van der Waals surface area contributed by atoms with E-state index < -0.39 is 30.1 Å². The van der Waals surface area contributed by atoms with Gasteiger partial charge in [-0.3, -0.25) is 10.3 Å².